The van der Waals surface area contributed by atoms with Crippen LogP contribution in [0.1, 0.15) is 19.3 Å². The summed E-state index contributed by atoms with van der Waals surface area (Å²) in [6.07, 6.45) is 3.47. The number of anilines is 1. The molecule has 1 aromatic heterocycles. The van der Waals surface area contributed by atoms with Gasteiger partial charge in [0.1, 0.15) is 10.7 Å². The van der Waals surface area contributed by atoms with Crippen LogP contribution >= 0.6 is 15.9 Å². The van der Waals surface area contributed by atoms with Gasteiger partial charge in [0.2, 0.25) is 15.9 Å². The van der Waals surface area contributed by atoms with Gasteiger partial charge in [0.05, 0.1) is 0 Å². The van der Waals surface area contributed by atoms with E-state index in [0.717, 1.165) is 13.0 Å². The summed E-state index contributed by atoms with van der Waals surface area (Å²) in [4.78, 5) is 16.9. The van der Waals surface area contributed by atoms with Gasteiger partial charge in [-0.25, -0.2) is 18.1 Å². The Balaban J connectivity index is 1.89. The van der Waals surface area contributed by atoms with E-state index in [1.165, 1.54) is 12.3 Å². The maximum Gasteiger partial charge on any atom is 0.244 e. The summed E-state index contributed by atoms with van der Waals surface area (Å²) in [5.41, 5.74) is 5.59. The monoisotopic (exact) mass is 376 g/mol. The third-order valence-corrected chi connectivity index (χ3v) is 5.13. The zero-order chi connectivity index (χ0) is 15.5. The van der Waals surface area contributed by atoms with E-state index >= 15 is 0 Å². The van der Waals surface area contributed by atoms with Crippen LogP contribution in [0.3, 0.4) is 0 Å². The minimum Gasteiger partial charge on any atom is -0.383 e. The van der Waals surface area contributed by atoms with Crippen molar-refractivity contribution in [3.8, 4) is 0 Å². The molecule has 1 saturated heterocycles. The average molecular weight is 377 g/mol. The zero-order valence-electron chi connectivity index (χ0n) is 11.4. The molecular weight excluding hydrogens is 360 g/mol. The third kappa shape index (κ3) is 4.14. The highest BCUT2D eigenvalue weighted by Gasteiger charge is 2.21. The Kier molecular flexibility index (Phi) is 5.17. The number of carbonyl (C=O) groups excluding carboxylic acids is 1. The molecular formula is C12H17BrN4O3S. The summed E-state index contributed by atoms with van der Waals surface area (Å²) < 4.78 is 27.3. The minimum absolute atomic E-state index is 0.0413. The van der Waals surface area contributed by atoms with E-state index in [-0.39, 0.29) is 23.2 Å². The van der Waals surface area contributed by atoms with Gasteiger partial charge in [-0.3, -0.25) is 4.79 Å². The van der Waals surface area contributed by atoms with Gasteiger partial charge in [-0.05, 0) is 34.8 Å². The van der Waals surface area contributed by atoms with Gasteiger partial charge in [0, 0.05) is 36.7 Å². The average Bonchev–Trinajstić information content (AvgIpc) is 2.83. The normalized spacial score (nSPS) is 15.7. The van der Waals surface area contributed by atoms with Gasteiger partial charge in [-0.15, -0.1) is 0 Å². The molecule has 2 rings (SSSR count). The van der Waals surface area contributed by atoms with E-state index in [1.54, 1.807) is 4.90 Å². The summed E-state index contributed by atoms with van der Waals surface area (Å²) in [6, 6.07) is 1.41. The molecule has 0 spiro atoms. The molecule has 0 aliphatic carbocycles. The minimum atomic E-state index is -3.69. The Morgan fingerprint density at radius 3 is 2.90 bits per heavy atom. The Morgan fingerprint density at radius 2 is 2.24 bits per heavy atom. The molecule has 7 nitrogen and oxygen atoms in total. The summed E-state index contributed by atoms with van der Waals surface area (Å²) in [5.74, 6) is 0.0960. The Labute approximate surface area is 132 Å². The van der Waals surface area contributed by atoms with Gasteiger partial charge in [0.25, 0.3) is 0 Å². The summed E-state index contributed by atoms with van der Waals surface area (Å²) in [6.45, 7) is 1.57. The summed E-state index contributed by atoms with van der Waals surface area (Å²) >= 11 is 3.17. The van der Waals surface area contributed by atoms with Crippen LogP contribution in [0, 0.1) is 0 Å². The lowest BCUT2D eigenvalue weighted by molar-refractivity contribution is -0.127. The maximum absolute atomic E-state index is 12.1. The number of halogens is 1. The number of amides is 1. The number of pyridine rings is 1. The fraction of sp³-hybridized carbons (Fsp3) is 0.500. The van der Waals surface area contributed by atoms with Crippen LogP contribution in [-0.4, -0.2) is 43.8 Å². The first kappa shape index (κ1) is 16.2. The van der Waals surface area contributed by atoms with Crippen molar-refractivity contribution in [3.63, 3.8) is 0 Å². The quantitative estimate of drug-likeness (QED) is 0.711. The fourth-order valence-electron chi connectivity index (χ4n) is 2.14. The molecule has 1 amide bonds. The number of nitrogens with one attached hydrogen (secondary N) is 1. The summed E-state index contributed by atoms with van der Waals surface area (Å²) in [5, 5.41) is 0. The number of nitrogen functional groups attached to an aromatic ring is 1. The number of likely N-dealkylation sites (tertiary alicyclic amines) is 1. The van der Waals surface area contributed by atoms with Crippen molar-refractivity contribution in [2.75, 3.05) is 25.4 Å². The molecule has 3 N–H and O–H groups in total. The van der Waals surface area contributed by atoms with Gasteiger partial charge in [-0.1, -0.05) is 0 Å². The number of hydrogen-bond acceptors (Lipinski definition) is 5. The second kappa shape index (κ2) is 6.71. The zero-order valence-corrected chi connectivity index (χ0v) is 13.8. The van der Waals surface area contributed by atoms with Crippen molar-refractivity contribution < 1.29 is 13.2 Å². The topological polar surface area (TPSA) is 105 Å². The molecule has 0 bridgehead atoms. The van der Waals surface area contributed by atoms with Crippen molar-refractivity contribution in [3.05, 3.63) is 16.7 Å². The van der Waals surface area contributed by atoms with Crippen LogP contribution < -0.4 is 10.5 Å². The van der Waals surface area contributed by atoms with E-state index in [0.29, 0.717) is 23.9 Å². The highest BCUT2D eigenvalue weighted by Crippen LogP contribution is 2.20. The molecule has 9 heteroatoms. The predicted octanol–water partition coefficient (Wildman–Crippen LogP) is 0.717. The molecule has 21 heavy (non-hydrogen) atoms. The highest BCUT2D eigenvalue weighted by atomic mass is 79.9. The molecule has 0 atom stereocenters. The van der Waals surface area contributed by atoms with Crippen LogP contribution in [0.4, 0.5) is 5.82 Å². The number of nitrogens with zero attached hydrogens (tertiary/aromatic N) is 2. The first-order valence-corrected chi connectivity index (χ1v) is 8.86. The first-order valence-electron chi connectivity index (χ1n) is 6.58. The van der Waals surface area contributed by atoms with Crippen molar-refractivity contribution in [1.29, 1.82) is 0 Å². The Morgan fingerprint density at radius 1 is 1.48 bits per heavy atom. The van der Waals surface area contributed by atoms with Gasteiger partial charge in [0.15, 0.2) is 0 Å². The van der Waals surface area contributed by atoms with Crippen LogP contribution in [0.2, 0.25) is 0 Å². The molecule has 116 valence electrons. The Hall–Kier alpha value is -1.19. The van der Waals surface area contributed by atoms with Crippen LogP contribution in [-0.2, 0) is 14.8 Å². The number of rotatable bonds is 6. The number of carbonyl (C=O) groups is 1. The van der Waals surface area contributed by atoms with Crippen molar-refractivity contribution in [2.24, 2.45) is 0 Å². The molecule has 0 saturated carbocycles. The molecule has 1 aliphatic rings. The number of nitrogens with two attached hydrogens (primary N) is 1. The first-order chi connectivity index (χ1) is 9.90. The van der Waals surface area contributed by atoms with Gasteiger partial charge < -0.3 is 10.6 Å². The lowest BCUT2D eigenvalue weighted by atomic mass is 10.4. The smallest absolute Gasteiger partial charge is 0.244 e. The fourth-order valence-corrected chi connectivity index (χ4v) is 3.80. The van der Waals surface area contributed by atoms with Gasteiger partial charge in [-0.2, -0.15) is 0 Å². The molecule has 0 aromatic carbocycles. The summed E-state index contributed by atoms with van der Waals surface area (Å²) in [7, 11) is -3.69. The van der Waals surface area contributed by atoms with Crippen LogP contribution in [0.25, 0.3) is 0 Å². The largest absolute Gasteiger partial charge is 0.383 e. The Bertz CT molecular complexity index is 635. The second-order valence-corrected chi connectivity index (χ2v) is 7.42. The van der Waals surface area contributed by atoms with E-state index in [2.05, 4.69) is 25.6 Å². The lowest BCUT2D eigenvalue weighted by Gasteiger charge is -2.15. The molecule has 2 heterocycles. The lowest BCUT2D eigenvalue weighted by Crippen LogP contribution is -2.31. The van der Waals surface area contributed by atoms with E-state index in [4.69, 9.17) is 5.73 Å². The van der Waals surface area contributed by atoms with Crippen LogP contribution in [0.5, 0.6) is 0 Å². The molecule has 1 fully saturated rings. The van der Waals surface area contributed by atoms with Crippen molar-refractivity contribution >= 4 is 37.7 Å². The predicted molar refractivity (Wildman–Crippen MR) is 82.0 cm³/mol. The SMILES string of the molecule is Nc1ncc(Br)cc1S(=O)(=O)NCCCN1CCCC1=O. The third-order valence-electron chi connectivity index (χ3n) is 3.21. The molecule has 0 unspecified atom stereocenters. The number of hydrogen-bond donors (Lipinski definition) is 2. The van der Waals surface area contributed by atoms with E-state index in [1.807, 2.05) is 0 Å². The van der Waals surface area contributed by atoms with Gasteiger partial charge >= 0.3 is 0 Å². The van der Waals surface area contributed by atoms with E-state index < -0.39 is 10.0 Å². The molecule has 1 aliphatic heterocycles. The second-order valence-electron chi connectivity index (χ2n) is 4.77. The number of aromatic nitrogens is 1. The van der Waals surface area contributed by atoms with Crippen LogP contribution in [0.15, 0.2) is 21.6 Å². The maximum atomic E-state index is 12.1. The molecule has 0 radical (unpaired) electrons. The van der Waals surface area contributed by atoms with Crippen molar-refractivity contribution in [2.45, 2.75) is 24.2 Å². The molecule has 1 aromatic rings. The highest BCUT2D eigenvalue weighted by molar-refractivity contribution is 9.10. The number of sulfonamides is 1. The standard InChI is InChI=1S/C12H17BrN4O3S/c13-9-7-10(12(14)15-8-9)21(19,20)16-4-2-6-17-5-1-3-11(17)18/h7-8,16H,1-6H2,(H2,14,15). The van der Waals surface area contributed by atoms with Crippen molar-refractivity contribution in [1.82, 2.24) is 14.6 Å². The van der Waals surface area contributed by atoms with E-state index in [9.17, 15) is 13.2 Å².